The summed E-state index contributed by atoms with van der Waals surface area (Å²) in [4.78, 5) is 29.7. The fraction of sp³-hybridized carbons (Fsp3) is 0.667. The molecule has 0 spiro atoms. The Morgan fingerprint density at radius 3 is 1.61 bits per heavy atom. The van der Waals surface area contributed by atoms with Crippen LogP contribution in [-0.2, 0) is 4.57 Å². The minimum Gasteiger partial charge on any atom is -0.352 e. The lowest BCUT2D eigenvalue weighted by Gasteiger charge is -2.13. The molecule has 0 saturated heterocycles. The highest BCUT2D eigenvalue weighted by Gasteiger charge is 2.24. The Morgan fingerprint density at radius 2 is 1.33 bits per heavy atom. The molecule has 0 radical (unpaired) electrons. The molecule has 0 aliphatic heterocycles. The molecule has 8 nitrogen and oxygen atoms in total. The topological polar surface area (TPSA) is 120 Å². The third-order valence-corrected chi connectivity index (χ3v) is 2.44. The minimum absolute atomic E-state index is 0.0453. The number of rotatable bonds is 5. The van der Waals surface area contributed by atoms with Crippen LogP contribution in [0.25, 0.3) is 0 Å². The van der Waals surface area contributed by atoms with Gasteiger partial charge in [-0.1, -0.05) is 0 Å². The summed E-state index contributed by atoms with van der Waals surface area (Å²) in [6.45, 7) is 7.49. The zero-order valence-electron chi connectivity index (χ0n) is 10.7. The second kappa shape index (κ2) is 5.60. The van der Waals surface area contributed by atoms with Crippen molar-refractivity contribution in [1.29, 1.82) is 0 Å². The molecule has 0 aliphatic carbocycles. The van der Waals surface area contributed by atoms with Gasteiger partial charge in [-0.2, -0.15) is 15.0 Å². The van der Waals surface area contributed by atoms with Gasteiger partial charge in [-0.15, -0.1) is 0 Å². The molecule has 1 rings (SSSR count). The maximum atomic E-state index is 11.2. The molecule has 0 aliphatic rings. The van der Waals surface area contributed by atoms with Crippen LogP contribution in [0.4, 0.5) is 11.9 Å². The first-order valence-corrected chi connectivity index (χ1v) is 7.15. The third-order valence-electron chi connectivity index (χ3n) is 1.72. The molecule has 0 saturated carbocycles. The minimum atomic E-state index is -4.50. The fourth-order valence-corrected chi connectivity index (χ4v) is 1.59. The first-order valence-electron chi connectivity index (χ1n) is 5.53. The Bertz CT molecular complexity index is 431. The van der Waals surface area contributed by atoms with Crippen LogP contribution in [-0.4, -0.2) is 36.8 Å². The van der Waals surface area contributed by atoms with E-state index in [-0.39, 0.29) is 24.0 Å². The molecular formula is C9H18N5O3P. The zero-order chi connectivity index (χ0) is 13.9. The van der Waals surface area contributed by atoms with Crippen molar-refractivity contribution < 1.29 is 14.4 Å². The maximum Gasteiger partial charge on any atom is 0.393 e. The highest BCUT2D eigenvalue weighted by atomic mass is 31.2. The first kappa shape index (κ1) is 14.8. The van der Waals surface area contributed by atoms with Crippen LogP contribution in [0.15, 0.2) is 0 Å². The van der Waals surface area contributed by atoms with Gasteiger partial charge < -0.3 is 20.4 Å². The lowest BCUT2D eigenvalue weighted by Crippen LogP contribution is -2.24. The van der Waals surface area contributed by atoms with Gasteiger partial charge in [-0.25, -0.2) is 0 Å². The molecule has 102 valence electrons. The van der Waals surface area contributed by atoms with E-state index in [1.54, 1.807) is 0 Å². The molecular weight excluding hydrogens is 257 g/mol. The summed E-state index contributed by atoms with van der Waals surface area (Å²) in [5.74, 6) is 0.281. The van der Waals surface area contributed by atoms with Crippen molar-refractivity contribution >= 4 is 25.1 Å². The van der Waals surface area contributed by atoms with E-state index in [1.807, 2.05) is 27.7 Å². The van der Waals surface area contributed by atoms with Crippen LogP contribution in [0.1, 0.15) is 27.7 Å². The van der Waals surface area contributed by atoms with Crippen LogP contribution < -0.4 is 16.2 Å². The maximum absolute atomic E-state index is 11.2. The lowest BCUT2D eigenvalue weighted by atomic mass is 10.4. The van der Waals surface area contributed by atoms with Gasteiger partial charge in [0.15, 0.2) is 0 Å². The van der Waals surface area contributed by atoms with E-state index in [2.05, 4.69) is 25.6 Å². The molecule has 0 bridgehead atoms. The molecule has 0 atom stereocenters. The average molecular weight is 275 g/mol. The molecule has 4 N–H and O–H groups in total. The smallest absolute Gasteiger partial charge is 0.352 e. The normalized spacial score (nSPS) is 12.0. The van der Waals surface area contributed by atoms with Crippen molar-refractivity contribution in [2.75, 3.05) is 10.6 Å². The van der Waals surface area contributed by atoms with E-state index >= 15 is 0 Å². The molecule has 9 heteroatoms. The molecule has 1 heterocycles. The number of hydrogen-bond acceptors (Lipinski definition) is 6. The van der Waals surface area contributed by atoms with Gasteiger partial charge in [0.1, 0.15) is 0 Å². The van der Waals surface area contributed by atoms with Crippen LogP contribution in [0.3, 0.4) is 0 Å². The molecule has 1 aromatic rings. The number of nitrogens with one attached hydrogen (secondary N) is 2. The molecule has 0 unspecified atom stereocenters. The lowest BCUT2D eigenvalue weighted by molar-refractivity contribution is 0.385. The quantitative estimate of drug-likeness (QED) is 0.567. The summed E-state index contributed by atoms with van der Waals surface area (Å²) in [6, 6.07) is 0.0906. The van der Waals surface area contributed by atoms with Crippen LogP contribution in [0.2, 0.25) is 0 Å². The van der Waals surface area contributed by atoms with E-state index in [0.29, 0.717) is 0 Å². The van der Waals surface area contributed by atoms with Gasteiger partial charge in [0.05, 0.1) is 0 Å². The Labute approximate surface area is 105 Å². The summed E-state index contributed by atoms with van der Waals surface area (Å²) >= 11 is 0. The van der Waals surface area contributed by atoms with Gasteiger partial charge in [0.25, 0.3) is 0 Å². The van der Waals surface area contributed by atoms with Gasteiger partial charge in [0.2, 0.25) is 17.5 Å². The molecule has 0 aromatic carbocycles. The average Bonchev–Trinajstić information content (AvgIpc) is 2.13. The van der Waals surface area contributed by atoms with Crippen LogP contribution in [0.5, 0.6) is 0 Å². The van der Waals surface area contributed by atoms with Crippen LogP contribution >= 0.6 is 7.60 Å². The van der Waals surface area contributed by atoms with E-state index in [1.165, 1.54) is 0 Å². The predicted molar refractivity (Wildman–Crippen MR) is 69.0 cm³/mol. The standard InChI is InChI=1S/C9H18N5O3P/c1-5(2)10-7-12-8(11-6(3)4)14-9(13-7)18(15,16)17/h5-6H,1-4H3,(H2,15,16,17)(H2,10,11,12,13,14). The number of aromatic nitrogens is 3. The van der Waals surface area contributed by atoms with Gasteiger partial charge >= 0.3 is 7.60 Å². The Hall–Kier alpha value is -1.24. The Kier molecular flexibility index (Phi) is 4.61. The van der Waals surface area contributed by atoms with E-state index in [9.17, 15) is 4.57 Å². The zero-order valence-corrected chi connectivity index (χ0v) is 11.6. The molecule has 1 aromatic heterocycles. The van der Waals surface area contributed by atoms with E-state index in [4.69, 9.17) is 9.79 Å². The Balaban J connectivity index is 3.16. The second-order valence-corrected chi connectivity index (χ2v) is 5.91. The Morgan fingerprint density at radius 1 is 0.944 bits per heavy atom. The van der Waals surface area contributed by atoms with Crippen molar-refractivity contribution in [2.24, 2.45) is 0 Å². The second-order valence-electron chi connectivity index (χ2n) is 4.42. The molecule has 0 amide bonds. The summed E-state index contributed by atoms with van der Waals surface area (Å²) in [7, 11) is -4.50. The van der Waals surface area contributed by atoms with Crippen LogP contribution in [0, 0.1) is 0 Å². The first-order chi connectivity index (χ1) is 8.18. The number of nitrogens with zero attached hydrogens (tertiary/aromatic N) is 3. The molecule has 0 fully saturated rings. The summed E-state index contributed by atoms with van der Waals surface area (Å²) in [6.07, 6.45) is 0. The van der Waals surface area contributed by atoms with Crippen molar-refractivity contribution in [3.05, 3.63) is 0 Å². The summed E-state index contributed by atoms with van der Waals surface area (Å²) < 4.78 is 11.2. The third kappa shape index (κ3) is 4.56. The fourth-order valence-electron chi connectivity index (χ4n) is 1.14. The number of hydrogen-bond donors (Lipinski definition) is 4. The monoisotopic (exact) mass is 275 g/mol. The van der Waals surface area contributed by atoms with Crippen molar-refractivity contribution in [2.45, 2.75) is 39.8 Å². The van der Waals surface area contributed by atoms with Gasteiger partial charge in [-0.05, 0) is 27.7 Å². The van der Waals surface area contributed by atoms with Crippen molar-refractivity contribution in [1.82, 2.24) is 15.0 Å². The molecule has 18 heavy (non-hydrogen) atoms. The van der Waals surface area contributed by atoms with Gasteiger partial charge in [0, 0.05) is 12.1 Å². The van der Waals surface area contributed by atoms with Crippen molar-refractivity contribution in [3.8, 4) is 0 Å². The highest BCUT2D eigenvalue weighted by Crippen LogP contribution is 2.31. The van der Waals surface area contributed by atoms with E-state index < -0.39 is 13.2 Å². The van der Waals surface area contributed by atoms with Gasteiger partial charge in [-0.3, -0.25) is 4.57 Å². The summed E-state index contributed by atoms with van der Waals surface area (Å²) in [5.41, 5.74) is -0.538. The summed E-state index contributed by atoms with van der Waals surface area (Å²) in [5, 5.41) is 5.77. The van der Waals surface area contributed by atoms with Crippen molar-refractivity contribution in [3.63, 3.8) is 0 Å². The highest BCUT2D eigenvalue weighted by molar-refractivity contribution is 7.59. The SMILES string of the molecule is CC(C)Nc1nc(NC(C)C)nc(P(=O)(O)O)n1. The van der Waals surface area contributed by atoms with E-state index in [0.717, 1.165) is 0 Å². The largest absolute Gasteiger partial charge is 0.393 e. The predicted octanol–water partition coefficient (Wildman–Crippen LogP) is 0.315. The number of anilines is 2.